The number of carbonyl (C=O) groups is 2. The van der Waals surface area contributed by atoms with Crippen LogP contribution in [0, 0.1) is 0 Å². The Morgan fingerprint density at radius 3 is 0.909 bits per heavy atom. The van der Waals surface area contributed by atoms with Gasteiger partial charge in [-0.15, -0.1) is 0 Å². The van der Waals surface area contributed by atoms with Gasteiger partial charge in [-0.3, -0.25) is 0 Å². The molecule has 0 unspecified atom stereocenters. The molecule has 0 atom stereocenters. The van der Waals surface area contributed by atoms with Crippen LogP contribution >= 0.6 is 0 Å². The second-order valence-corrected chi connectivity index (χ2v) is 3.08. The third-order valence-electron chi connectivity index (χ3n) is 0.183. The zero-order chi connectivity index (χ0) is 9.65. The summed E-state index contributed by atoms with van der Waals surface area (Å²) >= 11 is -5.00. The molecule has 0 radical (unpaired) electrons. The Hall–Kier alpha value is -0.506. The number of hydrogen-bond donors (Lipinski definition) is 6. The van der Waals surface area contributed by atoms with Crippen LogP contribution in [-0.4, -0.2) is 36.9 Å². The molecule has 0 aromatic heterocycles. The first-order valence-electron chi connectivity index (χ1n) is 2.00. The SMILES string of the molecule is O=C(O)C(=O)O.[OH][Ti]([OH])([OH])[OH]. The van der Waals surface area contributed by atoms with Gasteiger partial charge in [-0.05, 0) is 0 Å². The second-order valence-electron chi connectivity index (χ2n) is 1.21. The molecule has 0 fully saturated rings. The van der Waals surface area contributed by atoms with Crippen LogP contribution in [0.5, 0.6) is 0 Å². The van der Waals surface area contributed by atoms with Crippen molar-refractivity contribution in [1.29, 1.82) is 0 Å². The molecule has 66 valence electrons. The van der Waals surface area contributed by atoms with E-state index >= 15 is 0 Å². The van der Waals surface area contributed by atoms with Gasteiger partial charge in [0.2, 0.25) is 0 Å². The van der Waals surface area contributed by atoms with E-state index in [9.17, 15) is 0 Å². The van der Waals surface area contributed by atoms with Crippen molar-refractivity contribution in [2.24, 2.45) is 0 Å². The fraction of sp³-hybridized carbons (Fsp3) is 0. The minimum absolute atomic E-state index is 1.82. The number of carboxylic acids is 2. The van der Waals surface area contributed by atoms with Gasteiger partial charge in [-0.1, -0.05) is 0 Å². The van der Waals surface area contributed by atoms with E-state index < -0.39 is 30.1 Å². The van der Waals surface area contributed by atoms with E-state index in [-0.39, 0.29) is 0 Å². The van der Waals surface area contributed by atoms with Gasteiger partial charge in [0.1, 0.15) is 0 Å². The second kappa shape index (κ2) is 5.19. The third-order valence-corrected chi connectivity index (χ3v) is 0.183. The van der Waals surface area contributed by atoms with Gasteiger partial charge in [0.25, 0.3) is 0 Å². The summed E-state index contributed by atoms with van der Waals surface area (Å²) in [7, 11) is 0. The predicted molar refractivity (Wildman–Crippen MR) is 24.1 cm³/mol. The van der Waals surface area contributed by atoms with E-state index in [0.717, 1.165) is 0 Å². The van der Waals surface area contributed by atoms with Crippen LogP contribution in [0.25, 0.3) is 0 Å². The Balaban J connectivity index is 0. The summed E-state index contributed by atoms with van der Waals surface area (Å²) in [4.78, 5) is 18.2. The van der Waals surface area contributed by atoms with Crippen molar-refractivity contribution in [3.05, 3.63) is 0 Å². The van der Waals surface area contributed by atoms with Crippen molar-refractivity contribution in [2.75, 3.05) is 0 Å². The van der Waals surface area contributed by atoms with E-state index in [2.05, 4.69) is 0 Å². The Kier molecular flexibility index (Phi) is 6.18. The zero-order valence-electron chi connectivity index (χ0n) is 5.00. The molecule has 0 aromatic carbocycles. The van der Waals surface area contributed by atoms with Crippen LogP contribution in [-0.2, 0) is 27.7 Å². The van der Waals surface area contributed by atoms with Crippen LogP contribution in [0.15, 0.2) is 0 Å². The summed E-state index contributed by atoms with van der Waals surface area (Å²) in [5, 5.41) is 14.8. The fourth-order valence-corrected chi connectivity index (χ4v) is 0. The normalized spacial score (nSPS) is 9.45. The molecule has 11 heavy (non-hydrogen) atoms. The summed E-state index contributed by atoms with van der Waals surface area (Å²) in [6.45, 7) is 0. The van der Waals surface area contributed by atoms with Crippen LogP contribution in [0.4, 0.5) is 0 Å². The van der Waals surface area contributed by atoms with Gasteiger partial charge in [-0.25, -0.2) is 9.59 Å². The van der Waals surface area contributed by atoms with Gasteiger partial charge in [0, 0.05) is 0 Å². The van der Waals surface area contributed by atoms with Crippen molar-refractivity contribution in [3.63, 3.8) is 0 Å². The maximum absolute atomic E-state index is 9.10. The van der Waals surface area contributed by atoms with E-state index in [1.165, 1.54) is 0 Å². The number of carboxylic acid groups (broad SMARTS) is 2. The average molecular weight is 206 g/mol. The standard InChI is InChI=1S/C2H2O4.4H2O.Ti/c3-1(4)2(5)6;;;;;/h(H,3,4)(H,5,6);4*1H2;/q;;;;;+4/p-4. The molecule has 9 heteroatoms. The molecule has 0 aliphatic rings. The molecule has 0 heterocycles. The summed E-state index contributed by atoms with van der Waals surface area (Å²) in [6, 6.07) is 0. The van der Waals surface area contributed by atoms with Crippen molar-refractivity contribution < 1.29 is 52.7 Å². The summed E-state index contributed by atoms with van der Waals surface area (Å²) < 4.78 is 29.5. The van der Waals surface area contributed by atoms with Crippen molar-refractivity contribution >= 4 is 11.9 Å². The van der Waals surface area contributed by atoms with E-state index in [4.69, 9.17) is 34.6 Å². The monoisotopic (exact) mass is 206 g/mol. The summed E-state index contributed by atoms with van der Waals surface area (Å²) in [5.41, 5.74) is 0. The van der Waals surface area contributed by atoms with Gasteiger partial charge >= 0.3 is 44.8 Å². The molecular formula is C2H6O8Ti. The van der Waals surface area contributed by atoms with E-state index in [1.54, 1.807) is 0 Å². The maximum atomic E-state index is 9.10. The summed E-state index contributed by atoms with van der Waals surface area (Å²) in [6.07, 6.45) is 0. The van der Waals surface area contributed by atoms with E-state index in [0.29, 0.717) is 0 Å². The molecule has 0 aromatic rings. The molecule has 0 saturated carbocycles. The molecule has 0 spiro atoms. The van der Waals surface area contributed by atoms with Crippen molar-refractivity contribution in [2.45, 2.75) is 0 Å². The van der Waals surface area contributed by atoms with Crippen LogP contribution in [0.2, 0.25) is 0 Å². The molecule has 6 N–H and O–H groups in total. The minimum atomic E-state index is -5.00. The Labute approximate surface area is 65.2 Å². The quantitative estimate of drug-likeness (QED) is 0.180. The van der Waals surface area contributed by atoms with Crippen LogP contribution in [0.1, 0.15) is 0 Å². The molecule has 0 amide bonds. The van der Waals surface area contributed by atoms with Crippen molar-refractivity contribution in [3.8, 4) is 0 Å². The molecule has 0 rings (SSSR count). The Morgan fingerprint density at radius 2 is 0.909 bits per heavy atom. The number of aliphatic carboxylic acids is 2. The van der Waals surface area contributed by atoms with Gasteiger partial charge < -0.3 is 10.2 Å². The molecule has 0 bridgehead atoms. The zero-order valence-corrected chi connectivity index (χ0v) is 6.56. The third kappa shape index (κ3) is 43.7. The molecule has 0 aliphatic heterocycles. The first kappa shape index (κ1) is 13.1. The van der Waals surface area contributed by atoms with Crippen LogP contribution in [0.3, 0.4) is 0 Å². The van der Waals surface area contributed by atoms with Crippen molar-refractivity contribution in [1.82, 2.24) is 0 Å². The van der Waals surface area contributed by atoms with Gasteiger partial charge in [-0.2, -0.15) is 0 Å². The molecular weight excluding hydrogens is 200 g/mol. The van der Waals surface area contributed by atoms with E-state index in [1.807, 2.05) is 0 Å². The van der Waals surface area contributed by atoms with Gasteiger partial charge in [0.05, 0.1) is 0 Å². The predicted octanol–water partition coefficient (Wildman–Crippen LogP) is -3.07. The molecule has 0 aliphatic carbocycles. The molecule has 0 saturated heterocycles. The number of hydrogen-bond acceptors (Lipinski definition) is 6. The summed E-state index contributed by atoms with van der Waals surface area (Å²) in [5.74, 6) is -3.65. The fourth-order valence-electron chi connectivity index (χ4n) is 0. The Morgan fingerprint density at radius 1 is 0.818 bits per heavy atom. The van der Waals surface area contributed by atoms with Gasteiger partial charge in [0.15, 0.2) is 0 Å². The first-order valence-corrected chi connectivity index (χ1v) is 4.79. The Bertz CT molecular complexity index is 127. The first-order chi connectivity index (χ1) is 4.64. The molecule has 8 nitrogen and oxygen atoms in total. The number of rotatable bonds is 0. The van der Waals surface area contributed by atoms with Crippen LogP contribution < -0.4 is 0 Å². The average Bonchev–Trinajstić information content (AvgIpc) is 1.59. The topological polar surface area (TPSA) is 156 Å².